The molecule has 2 N–H and O–H groups in total. The zero-order valence-corrected chi connectivity index (χ0v) is 8.87. The van der Waals surface area contributed by atoms with Gasteiger partial charge >= 0.3 is 0 Å². The Morgan fingerprint density at radius 3 is 2.64 bits per heavy atom. The van der Waals surface area contributed by atoms with E-state index in [1.54, 1.807) is 6.07 Å². The van der Waals surface area contributed by atoms with Gasteiger partial charge in [0.1, 0.15) is 5.82 Å². The molecule has 14 heavy (non-hydrogen) atoms. The van der Waals surface area contributed by atoms with E-state index in [1.165, 1.54) is 0 Å². The molecular formula is C11H13ClFN. The summed E-state index contributed by atoms with van der Waals surface area (Å²) in [5.41, 5.74) is 7.42. The Labute approximate surface area is 88.1 Å². The topological polar surface area (TPSA) is 26.0 Å². The van der Waals surface area contributed by atoms with E-state index in [2.05, 4.69) is 0 Å². The first kappa shape index (κ1) is 9.94. The van der Waals surface area contributed by atoms with Crippen LogP contribution in [0.5, 0.6) is 0 Å². The van der Waals surface area contributed by atoms with Crippen LogP contribution < -0.4 is 5.73 Å². The fourth-order valence-electron chi connectivity index (χ4n) is 1.61. The van der Waals surface area contributed by atoms with Gasteiger partial charge in [0.05, 0.1) is 5.02 Å². The lowest BCUT2D eigenvalue weighted by atomic mass is 10.0. The molecule has 0 spiro atoms. The van der Waals surface area contributed by atoms with Crippen LogP contribution in [0.15, 0.2) is 12.1 Å². The van der Waals surface area contributed by atoms with Crippen LogP contribution in [0.25, 0.3) is 0 Å². The monoisotopic (exact) mass is 213 g/mol. The fourth-order valence-corrected chi connectivity index (χ4v) is 1.85. The molecule has 1 aromatic carbocycles. The van der Waals surface area contributed by atoms with Gasteiger partial charge in [0, 0.05) is 5.54 Å². The summed E-state index contributed by atoms with van der Waals surface area (Å²) < 4.78 is 13.4. The van der Waals surface area contributed by atoms with Crippen LogP contribution in [-0.2, 0) is 12.0 Å². The van der Waals surface area contributed by atoms with Crippen LogP contribution >= 0.6 is 11.6 Å². The van der Waals surface area contributed by atoms with Gasteiger partial charge in [-0.05, 0) is 36.5 Å². The SMILES string of the molecule is CCc1cc(C2(N)CC2)cc(Cl)c1F. The number of hydrogen-bond donors (Lipinski definition) is 1. The van der Waals surface area contributed by atoms with Crippen molar-refractivity contribution in [1.82, 2.24) is 0 Å². The standard InChI is InChI=1S/C11H13ClFN/c1-2-7-5-8(11(14)3-4-11)6-9(12)10(7)13/h5-6H,2-4,14H2,1H3. The highest BCUT2D eigenvalue weighted by molar-refractivity contribution is 6.30. The highest BCUT2D eigenvalue weighted by atomic mass is 35.5. The Bertz CT molecular complexity index is 372. The molecule has 2 rings (SSSR count). The number of benzene rings is 1. The number of halogens is 2. The van der Waals surface area contributed by atoms with E-state index in [1.807, 2.05) is 13.0 Å². The number of nitrogens with two attached hydrogens (primary N) is 1. The second-order valence-electron chi connectivity index (χ2n) is 3.94. The summed E-state index contributed by atoms with van der Waals surface area (Å²) in [5.74, 6) is -0.304. The first-order valence-electron chi connectivity index (χ1n) is 4.84. The van der Waals surface area contributed by atoms with Crippen molar-refractivity contribution in [1.29, 1.82) is 0 Å². The lowest BCUT2D eigenvalue weighted by molar-refractivity contribution is 0.608. The van der Waals surface area contributed by atoms with E-state index in [9.17, 15) is 4.39 Å². The molecule has 1 aromatic rings. The molecule has 3 heteroatoms. The Morgan fingerprint density at radius 2 is 2.14 bits per heavy atom. The van der Waals surface area contributed by atoms with E-state index in [4.69, 9.17) is 17.3 Å². The van der Waals surface area contributed by atoms with Crippen molar-refractivity contribution in [3.63, 3.8) is 0 Å². The van der Waals surface area contributed by atoms with Crippen LogP contribution in [0, 0.1) is 5.82 Å². The van der Waals surface area contributed by atoms with Gasteiger partial charge in [-0.25, -0.2) is 4.39 Å². The van der Waals surface area contributed by atoms with Crippen LogP contribution in [0.3, 0.4) is 0 Å². The quantitative estimate of drug-likeness (QED) is 0.803. The van der Waals surface area contributed by atoms with Gasteiger partial charge in [0.2, 0.25) is 0 Å². The molecule has 0 unspecified atom stereocenters. The summed E-state index contributed by atoms with van der Waals surface area (Å²) in [6.45, 7) is 1.91. The molecule has 1 fully saturated rings. The van der Waals surface area contributed by atoms with E-state index in [0.717, 1.165) is 18.4 Å². The van der Waals surface area contributed by atoms with E-state index >= 15 is 0 Å². The Hall–Kier alpha value is -0.600. The largest absolute Gasteiger partial charge is 0.321 e. The van der Waals surface area contributed by atoms with E-state index in [-0.39, 0.29) is 16.4 Å². The van der Waals surface area contributed by atoms with Gasteiger partial charge in [-0.15, -0.1) is 0 Å². The third kappa shape index (κ3) is 1.53. The first-order valence-corrected chi connectivity index (χ1v) is 5.22. The van der Waals surface area contributed by atoms with Crippen molar-refractivity contribution in [2.75, 3.05) is 0 Å². The van der Waals surface area contributed by atoms with Crippen molar-refractivity contribution in [3.05, 3.63) is 34.1 Å². The molecule has 0 atom stereocenters. The Balaban J connectivity index is 2.48. The molecule has 0 saturated heterocycles. The molecule has 0 aromatic heterocycles. The van der Waals surface area contributed by atoms with E-state index in [0.29, 0.717) is 12.0 Å². The highest BCUT2D eigenvalue weighted by Crippen LogP contribution is 2.44. The molecule has 1 nitrogen and oxygen atoms in total. The molecule has 1 aliphatic carbocycles. The smallest absolute Gasteiger partial charge is 0.144 e. The number of hydrogen-bond acceptors (Lipinski definition) is 1. The fraction of sp³-hybridized carbons (Fsp3) is 0.455. The third-order valence-electron chi connectivity index (χ3n) is 2.85. The van der Waals surface area contributed by atoms with E-state index < -0.39 is 0 Å². The molecular weight excluding hydrogens is 201 g/mol. The van der Waals surface area contributed by atoms with Crippen LogP contribution in [0.1, 0.15) is 30.9 Å². The average molecular weight is 214 g/mol. The lowest BCUT2D eigenvalue weighted by Gasteiger charge is -2.12. The molecule has 76 valence electrons. The summed E-state index contributed by atoms with van der Waals surface area (Å²) in [6, 6.07) is 3.50. The molecule has 1 aliphatic rings. The van der Waals surface area contributed by atoms with Crippen molar-refractivity contribution in [2.24, 2.45) is 5.73 Å². The molecule has 0 heterocycles. The lowest BCUT2D eigenvalue weighted by Crippen LogP contribution is -2.19. The van der Waals surface area contributed by atoms with Crippen molar-refractivity contribution < 1.29 is 4.39 Å². The molecule has 0 radical (unpaired) electrons. The zero-order valence-electron chi connectivity index (χ0n) is 8.11. The minimum atomic E-state index is -0.304. The minimum Gasteiger partial charge on any atom is -0.321 e. The minimum absolute atomic E-state index is 0.191. The van der Waals surface area contributed by atoms with Gasteiger partial charge in [-0.3, -0.25) is 0 Å². The second kappa shape index (κ2) is 3.21. The van der Waals surface area contributed by atoms with Gasteiger partial charge in [-0.1, -0.05) is 24.6 Å². The maximum absolute atomic E-state index is 13.4. The number of aryl methyl sites for hydroxylation is 1. The average Bonchev–Trinajstić information content (AvgIpc) is 2.89. The van der Waals surface area contributed by atoms with Crippen molar-refractivity contribution >= 4 is 11.6 Å². The molecule has 1 saturated carbocycles. The summed E-state index contributed by atoms with van der Waals surface area (Å²) in [6.07, 6.45) is 2.59. The van der Waals surface area contributed by atoms with Crippen LogP contribution in [-0.4, -0.2) is 0 Å². The van der Waals surface area contributed by atoms with Crippen LogP contribution in [0.4, 0.5) is 4.39 Å². The Kier molecular flexibility index (Phi) is 2.28. The summed E-state index contributed by atoms with van der Waals surface area (Å²) >= 11 is 5.80. The van der Waals surface area contributed by atoms with Crippen molar-refractivity contribution in [3.8, 4) is 0 Å². The second-order valence-corrected chi connectivity index (χ2v) is 4.35. The van der Waals surface area contributed by atoms with Gasteiger partial charge in [0.15, 0.2) is 0 Å². The molecule has 0 amide bonds. The highest BCUT2D eigenvalue weighted by Gasteiger charge is 2.40. The predicted molar refractivity (Wildman–Crippen MR) is 55.9 cm³/mol. The summed E-state index contributed by atoms with van der Waals surface area (Å²) in [4.78, 5) is 0. The van der Waals surface area contributed by atoms with Gasteiger partial charge < -0.3 is 5.73 Å². The summed E-state index contributed by atoms with van der Waals surface area (Å²) in [7, 11) is 0. The normalized spacial score (nSPS) is 18.3. The van der Waals surface area contributed by atoms with Crippen LogP contribution in [0.2, 0.25) is 5.02 Å². The third-order valence-corrected chi connectivity index (χ3v) is 3.12. The van der Waals surface area contributed by atoms with Crippen molar-refractivity contribution in [2.45, 2.75) is 31.7 Å². The maximum Gasteiger partial charge on any atom is 0.144 e. The number of rotatable bonds is 2. The zero-order chi connectivity index (χ0) is 10.3. The summed E-state index contributed by atoms with van der Waals surface area (Å²) in [5, 5.41) is 0.191. The van der Waals surface area contributed by atoms with Gasteiger partial charge in [0.25, 0.3) is 0 Å². The molecule has 0 aliphatic heterocycles. The first-order chi connectivity index (χ1) is 6.57. The maximum atomic E-state index is 13.4. The van der Waals surface area contributed by atoms with Gasteiger partial charge in [-0.2, -0.15) is 0 Å². The molecule has 0 bridgehead atoms. The predicted octanol–water partition coefficient (Wildman–Crippen LogP) is 2.99. The Morgan fingerprint density at radius 1 is 1.50 bits per heavy atom.